The van der Waals surface area contributed by atoms with Crippen molar-refractivity contribution in [1.29, 1.82) is 0 Å². The molecule has 3 aliphatic rings. The SMILES string of the molecule is CCC/C=C\C=C\C(=O)O[C@H]1/C(C)=C/[C@@H]2C(C[C@@H](C)[C@@H]2O)C(=O)/C(C)=C/[C@@H]2[C@H]1C2(C)C. The second kappa shape index (κ2) is 9.28. The lowest BCUT2D eigenvalue weighted by Crippen LogP contribution is -2.29. The van der Waals surface area contributed by atoms with E-state index < -0.39 is 6.10 Å². The van der Waals surface area contributed by atoms with Crippen molar-refractivity contribution >= 4 is 11.8 Å². The zero-order chi connectivity index (χ0) is 22.9. The molecule has 2 saturated carbocycles. The molecule has 2 fully saturated rings. The topological polar surface area (TPSA) is 63.6 Å². The first kappa shape index (κ1) is 23.7. The summed E-state index contributed by atoms with van der Waals surface area (Å²) in [4.78, 5) is 25.7. The molecule has 0 radical (unpaired) electrons. The normalized spacial score (nSPS) is 40.6. The van der Waals surface area contributed by atoms with Crippen LogP contribution in [0.1, 0.15) is 60.8 Å². The molecule has 0 aliphatic heterocycles. The van der Waals surface area contributed by atoms with Crippen molar-refractivity contribution < 1.29 is 19.4 Å². The van der Waals surface area contributed by atoms with Crippen LogP contribution in [-0.4, -0.2) is 29.1 Å². The third kappa shape index (κ3) is 4.79. The Balaban J connectivity index is 1.91. The molecule has 0 aromatic carbocycles. The molecular formula is C27H38O4. The predicted octanol–water partition coefficient (Wildman–Crippen LogP) is 5.19. The highest BCUT2D eigenvalue weighted by molar-refractivity contribution is 5.97. The van der Waals surface area contributed by atoms with Crippen LogP contribution in [0.15, 0.2) is 47.6 Å². The molecule has 0 bridgehead atoms. The highest BCUT2D eigenvalue weighted by Crippen LogP contribution is 2.63. The number of hydrogen-bond acceptors (Lipinski definition) is 4. The Morgan fingerprint density at radius 3 is 2.65 bits per heavy atom. The first-order valence-electron chi connectivity index (χ1n) is 11.7. The number of aliphatic hydroxyl groups excluding tert-OH is 1. The minimum Gasteiger partial charge on any atom is -0.454 e. The Labute approximate surface area is 187 Å². The zero-order valence-corrected chi connectivity index (χ0v) is 19.8. The first-order chi connectivity index (χ1) is 14.6. The van der Waals surface area contributed by atoms with Crippen molar-refractivity contribution in [2.24, 2.45) is 35.0 Å². The third-order valence-electron chi connectivity index (χ3n) is 7.63. The van der Waals surface area contributed by atoms with Gasteiger partial charge in [0.2, 0.25) is 0 Å². The van der Waals surface area contributed by atoms with E-state index in [4.69, 9.17) is 4.74 Å². The van der Waals surface area contributed by atoms with Crippen molar-refractivity contribution in [1.82, 2.24) is 0 Å². The Morgan fingerprint density at radius 2 is 1.97 bits per heavy atom. The van der Waals surface area contributed by atoms with E-state index >= 15 is 0 Å². The number of Topliss-reactive ketones (excluding diaryl/α,β-unsaturated/α-hetero) is 1. The van der Waals surface area contributed by atoms with E-state index in [0.29, 0.717) is 6.42 Å². The summed E-state index contributed by atoms with van der Waals surface area (Å²) in [7, 11) is 0. The fraction of sp³-hybridized carbons (Fsp3) is 0.630. The molecular weight excluding hydrogens is 388 g/mol. The molecule has 0 heterocycles. The van der Waals surface area contributed by atoms with Gasteiger partial charge in [-0.3, -0.25) is 4.79 Å². The second-order valence-corrected chi connectivity index (χ2v) is 10.3. The number of aliphatic hydroxyl groups is 1. The molecule has 7 atom stereocenters. The van der Waals surface area contributed by atoms with Crippen LogP contribution in [0, 0.1) is 35.0 Å². The Hall–Kier alpha value is -1.94. The van der Waals surface area contributed by atoms with Gasteiger partial charge in [-0.05, 0) is 55.1 Å². The molecule has 0 aromatic rings. The van der Waals surface area contributed by atoms with E-state index in [9.17, 15) is 14.7 Å². The summed E-state index contributed by atoms with van der Waals surface area (Å²) in [5.74, 6) is -0.283. The van der Waals surface area contributed by atoms with Crippen LogP contribution >= 0.6 is 0 Å². The summed E-state index contributed by atoms with van der Waals surface area (Å²) in [6, 6.07) is 0. The first-order valence-corrected chi connectivity index (χ1v) is 11.7. The summed E-state index contributed by atoms with van der Waals surface area (Å²) in [6.45, 7) is 12.3. The summed E-state index contributed by atoms with van der Waals surface area (Å²) in [6.07, 6.45) is 13.0. The smallest absolute Gasteiger partial charge is 0.331 e. The van der Waals surface area contributed by atoms with E-state index in [1.165, 1.54) is 6.08 Å². The molecule has 0 saturated heterocycles. The van der Waals surface area contributed by atoms with Gasteiger partial charge in [0, 0.05) is 23.8 Å². The maximum Gasteiger partial charge on any atom is 0.331 e. The number of ketones is 1. The number of allylic oxidation sites excluding steroid dienone is 5. The van der Waals surface area contributed by atoms with Crippen LogP contribution < -0.4 is 0 Å². The van der Waals surface area contributed by atoms with Gasteiger partial charge in [-0.2, -0.15) is 0 Å². The summed E-state index contributed by atoms with van der Waals surface area (Å²) in [5, 5.41) is 10.8. The van der Waals surface area contributed by atoms with Gasteiger partial charge in [-0.25, -0.2) is 4.79 Å². The lowest BCUT2D eigenvalue weighted by molar-refractivity contribution is -0.142. The number of hydrogen-bond donors (Lipinski definition) is 1. The van der Waals surface area contributed by atoms with Crippen molar-refractivity contribution in [2.45, 2.75) is 73.0 Å². The largest absolute Gasteiger partial charge is 0.454 e. The average molecular weight is 427 g/mol. The van der Waals surface area contributed by atoms with E-state index in [-0.39, 0.29) is 52.9 Å². The van der Waals surface area contributed by atoms with Crippen LogP contribution in [-0.2, 0) is 14.3 Å². The zero-order valence-electron chi connectivity index (χ0n) is 19.8. The van der Waals surface area contributed by atoms with Gasteiger partial charge in [0.15, 0.2) is 5.78 Å². The Kier molecular flexibility index (Phi) is 7.10. The van der Waals surface area contributed by atoms with Gasteiger partial charge in [0.05, 0.1) is 6.10 Å². The number of esters is 1. The summed E-state index contributed by atoms with van der Waals surface area (Å²) < 4.78 is 5.98. The number of carbonyl (C=O) groups is 2. The van der Waals surface area contributed by atoms with Crippen LogP contribution in [0.5, 0.6) is 0 Å². The molecule has 1 N–H and O–H groups in total. The molecule has 3 aliphatic carbocycles. The van der Waals surface area contributed by atoms with Gasteiger partial charge < -0.3 is 9.84 Å². The summed E-state index contributed by atoms with van der Waals surface area (Å²) >= 11 is 0. The highest BCUT2D eigenvalue weighted by atomic mass is 16.5. The highest BCUT2D eigenvalue weighted by Gasteiger charge is 2.62. The van der Waals surface area contributed by atoms with E-state index in [1.54, 1.807) is 6.08 Å². The van der Waals surface area contributed by atoms with E-state index in [0.717, 1.165) is 24.0 Å². The lowest BCUT2D eigenvalue weighted by atomic mass is 9.84. The minimum absolute atomic E-state index is 0.0578. The van der Waals surface area contributed by atoms with Crippen LogP contribution in [0.25, 0.3) is 0 Å². The van der Waals surface area contributed by atoms with Gasteiger partial charge in [-0.1, -0.05) is 64.5 Å². The monoisotopic (exact) mass is 426 g/mol. The quantitative estimate of drug-likeness (QED) is 0.284. The van der Waals surface area contributed by atoms with Crippen LogP contribution in [0.4, 0.5) is 0 Å². The fourth-order valence-corrected chi connectivity index (χ4v) is 5.56. The number of ether oxygens (including phenoxy) is 1. The molecule has 31 heavy (non-hydrogen) atoms. The number of carbonyl (C=O) groups excluding carboxylic acids is 2. The van der Waals surface area contributed by atoms with Crippen molar-refractivity contribution in [3.05, 3.63) is 47.6 Å². The van der Waals surface area contributed by atoms with Gasteiger partial charge in [0.1, 0.15) is 6.10 Å². The van der Waals surface area contributed by atoms with Gasteiger partial charge in [-0.15, -0.1) is 0 Å². The van der Waals surface area contributed by atoms with E-state index in [1.807, 2.05) is 39.0 Å². The summed E-state index contributed by atoms with van der Waals surface area (Å²) in [5.41, 5.74) is 1.65. The number of fused-ring (bicyclic) bond motifs is 2. The average Bonchev–Trinajstić information content (AvgIpc) is 3.12. The number of unbranched alkanes of at least 4 members (excludes halogenated alkanes) is 1. The van der Waals surface area contributed by atoms with Crippen molar-refractivity contribution in [2.75, 3.05) is 0 Å². The fourth-order valence-electron chi connectivity index (χ4n) is 5.56. The third-order valence-corrected chi connectivity index (χ3v) is 7.63. The Bertz CT molecular complexity index is 828. The molecule has 1 unspecified atom stereocenters. The van der Waals surface area contributed by atoms with Crippen LogP contribution in [0.3, 0.4) is 0 Å². The standard InChI is InChI=1S/C27H38O4/c1-7-8-9-10-11-12-22(28)31-26-18(4)14-20-19(13-16(2)24(20)29)25(30)17(3)15-21-23(26)27(21,5)6/h9-12,14-16,19-21,23-24,26,29H,7-8,13H2,1-6H3/b10-9-,12-11+,17-15+,18-14+/t16-,19?,20-,21-,23-,24+,26+/m1/s1. The van der Waals surface area contributed by atoms with Gasteiger partial charge >= 0.3 is 5.97 Å². The molecule has 0 aromatic heterocycles. The molecule has 4 nitrogen and oxygen atoms in total. The maximum absolute atomic E-state index is 13.2. The molecule has 4 heteroatoms. The maximum atomic E-state index is 13.2. The predicted molar refractivity (Wildman–Crippen MR) is 123 cm³/mol. The van der Waals surface area contributed by atoms with Crippen LogP contribution in [0.2, 0.25) is 0 Å². The van der Waals surface area contributed by atoms with Gasteiger partial charge in [0.25, 0.3) is 0 Å². The minimum atomic E-state index is -0.556. The lowest BCUT2D eigenvalue weighted by Gasteiger charge is -2.25. The molecule has 0 amide bonds. The van der Waals surface area contributed by atoms with Crippen molar-refractivity contribution in [3.8, 4) is 0 Å². The molecule has 3 rings (SSSR count). The molecule has 170 valence electrons. The Morgan fingerprint density at radius 1 is 1.26 bits per heavy atom. The second-order valence-electron chi connectivity index (χ2n) is 10.3. The van der Waals surface area contributed by atoms with Crippen molar-refractivity contribution in [3.63, 3.8) is 0 Å². The number of rotatable bonds is 5. The van der Waals surface area contributed by atoms with E-state index in [2.05, 4.69) is 26.8 Å². The molecule has 0 spiro atoms.